The lowest BCUT2D eigenvalue weighted by atomic mass is 9.86. The van der Waals surface area contributed by atoms with Crippen LogP contribution in [0.15, 0.2) is 54.6 Å². The fourth-order valence-corrected chi connectivity index (χ4v) is 3.18. The summed E-state index contributed by atoms with van der Waals surface area (Å²) in [6.45, 7) is 0. The highest BCUT2D eigenvalue weighted by Gasteiger charge is 2.26. The van der Waals surface area contributed by atoms with Crippen LogP contribution in [0.25, 0.3) is 0 Å². The van der Waals surface area contributed by atoms with E-state index in [1.165, 1.54) is 0 Å². The SMILES string of the molecule is O=C(NC1CCC(C(=O)O)CC1)c1cccc(Nc2ccccc2)c1. The minimum absolute atomic E-state index is 0.0499. The van der Waals surface area contributed by atoms with Crippen LogP contribution in [0.1, 0.15) is 36.0 Å². The van der Waals surface area contributed by atoms with E-state index in [0.717, 1.165) is 11.4 Å². The van der Waals surface area contributed by atoms with Crippen molar-refractivity contribution in [3.63, 3.8) is 0 Å². The zero-order valence-corrected chi connectivity index (χ0v) is 13.9. The fourth-order valence-electron chi connectivity index (χ4n) is 3.18. The van der Waals surface area contributed by atoms with Crippen LogP contribution >= 0.6 is 0 Å². The number of anilines is 2. The van der Waals surface area contributed by atoms with E-state index >= 15 is 0 Å². The average Bonchev–Trinajstić information content (AvgIpc) is 2.63. The van der Waals surface area contributed by atoms with Crippen LogP contribution in [0.4, 0.5) is 11.4 Å². The minimum atomic E-state index is -0.732. The maximum atomic E-state index is 12.5. The van der Waals surface area contributed by atoms with Gasteiger partial charge in [-0.15, -0.1) is 0 Å². The fraction of sp³-hybridized carbons (Fsp3) is 0.300. The van der Waals surface area contributed by atoms with Crippen molar-refractivity contribution in [3.05, 3.63) is 60.2 Å². The third-order valence-electron chi connectivity index (χ3n) is 4.60. The van der Waals surface area contributed by atoms with Gasteiger partial charge in [0.05, 0.1) is 5.92 Å². The van der Waals surface area contributed by atoms with Crippen molar-refractivity contribution in [1.29, 1.82) is 0 Å². The first-order valence-electron chi connectivity index (χ1n) is 8.57. The van der Waals surface area contributed by atoms with E-state index in [0.29, 0.717) is 31.2 Å². The second-order valence-electron chi connectivity index (χ2n) is 6.43. The van der Waals surface area contributed by atoms with E-state index in [2.05, 4.69) is 10.6 Å². The number of aliphatic carboxylic acids is 1. The Balaban J connectivity index is 1.59. The highest BCUT2D eigenvalue weighted by Crippen LogP contribution is 2.25. The molecule has 0 aliphatic heterocycles. The molecule has 1 aliphatic rings. The average molecular weight is 338 g/mol. The summed E-state index contributed by atoms with van der Waals surface area (Å²) in [4.78, 5) is 23.5. The highest BCUT2D eigenvalue weighted by atomic mass is 16.4. The number of benzene rings is 2. The van der Waals surface area contributed by atoms with Gasteiger partial charge in [0.2, 0.25) is 0 Å². The predicted molar refractivity (Wildman–Crippen MR) is 97.0 cm³/mol. The molecule has 3 rings (SSSR count). The molecule has 0 saturated heterocycles. The second kappa shape index (κ2) is 7.83. The van der Waals surface area contributed by atoms with Gasteiger partial charge < -0.3 is 15.7 Å². The first-order chi connectivity index (χ1) is 12.1. The molecule has 0 unspecified atom stereocenters. The molecule has 1 saturated carbocycles. The normalized spacial score (nSPS) is 19.8. The topological polar surface area (TPSA) is 78.4 Å². The minimum Gasteiger partial charge on any atom is -0.481 e. The van der Waals surface area contributed by atoms with Gasteiger partial charge in [-0.2, -0.15) is 0 Å². The summed E-state index contributed by atoms with van der Waals surface area (Å²) in [6, 6.07) is 17.2. The highest BCUT2D eigenvalue weighted by molar-refractivity contribution is 5.95. The number of carboxylic acids is 1. The Morgan fingerprint density at radius 2 is 1.56 bits per heavy atom. The Hall–Kier alpha value is -2.82. The molecule has 1 amide bonds. The summed E-state index contributed by atoms with van der Waals surface area (Å²) in [7, 11) is 0. The molecule has 1 fully saturated rings. The van der Waals surface area contributed by atoms with Crippen LogP contribution in [0.3, 0.4) is 0 Å². The number of para-hydroxylation sites is 1. The summed E-state index contributed by atoms with van der Waals surface area (Å²) >= 11 is 0. The number of rotatable bonds is 5. The predicted octanol–water partition coefficient (Wildman–Crippen LogP) is 3.80. The van der Waals surface area contributed by atoms with Crippen molar-refractivity contribution in [2.75, 3.05) is 5.32 Å². The standard InChI is InChI=1S/C20H22N2O3/c23-19(22-17-11-9-14(10-12-17)20(24)25)15-5-4-8-18(13-15)21-16-6-2-1-3-7-16/h1-8,13-14,17,21H,9-12H2,(H,22,23)(H,24,25). The van der Waals surface area contributed by atoms with Crippen LogP contribution in [0.5, 0.6) is 0 Å². The number of hydrogen-bond acceptors (Lipinski definition) is 3. The van der Waals surface area contributed by atoms with Gasteiger partial charge in [-0.05, 0) is 56.0 Å². The van der Waals surface area contributed by atoms with Crippen molar-refractivity contribution in [1.82, 2.24) is 5.32 Å². The maximum Gasteiger partial charge on any atom is 0.306 e. The molecule has 0 aromatic heterocycles. The quantitative estimate of drug-likeness (QED) is 0.775. The zero-order chi connectivity index (χ0) is 17.6. The Morgan fingerprint density at radius 1 is 0.880 bits per heavy atom. The Kier molecular flexibility index (Phi) is 5.33. The van der Waals surface area contributed by atoms with Crippen molar-refractivity contribution < 1.29 is 14.7 Å². The summed E-state index contributed by atoms with van der Waals surface area (Å²) in [6.07, 6.45) is 2.67. The Bertz CT molecular complexity index is 738. The van der Waals surface area contributed by atoms with Gasteiger partial charge in [0.15, 0.2) is 0 Å². The molecular weight excluding hydrogens is 316 g/mol. The van der Waals surface area contributed by atoms with Crippen LogP contribution < -0.4 is 10.6 Å². The van der Waals surface area contributed by atoms with Gasteiger partial charge >= 0.3 is 5.97 Å². The molecule has 0 spiro atoms. The van der Waals surface area contributed by atoms with Crippen molar-refractivity contribution in [2.45, 2.75) is 31.7 Å². The molecule has 25 heavy (non-hydrogen) atoms. The molecule has 0 atom stereocenters. The van der Waals surface area contributed by atoms with Crippen LogP contribution in [0.2, 0.25) is 0 Å². The molecule has 130 valence electrons. The molecule has 1 aliphatic carbocycles. The summed E-state index contributed by atoms with van der Waals surface area (Å²) < 4.78 is 0. The first kappa shape index (κ1) is 17.0. The van der Waals surface area contributed by atoms with E-state index in [1.807, 2.05) is 48.5 Å². The number of hydrogen-bond donors (Lipinski definition) is 3. The van der Waals surface area contributed by atoms with Crippen molar-refractivity contribution in [3.8, 4) is 0 Å². The monoisotopic (exact) mass is 338 g/mol. The molecule has 2 aromatic rings. The number of nitrogens with one attached hydrogen (secondary N) is 2. The summed E-state index contributed by atoms with van der Waals surface area (Å²) in [5, 5.41) is 15.3. The number of carbonyl (C=O) groups excluding carboxylic acids is 1. The lowest BCUT2D eigenvalue weighted by molar-refractivity contribution is -0.142. The molecule has 5 nitrogen and oxygen atoms in total. The van der Waals surface area contributed by atoms with Gasteiger partial charge in [-0.1, -0.05) is 24.3 Å². The van der Waals surface area contributed by atoms with Gasteiger partial charge in [0.25, 0.3) is 5.91 Å². The second-order valence-corrected chi connectivity index (χ2v) is 6.43. The lowest BCUT2D eigenvalue weighted by Crippen LogP contribution is -2.38. The van der Waals surface area contributed by atoms with Gasteiger partial charge in [0.1, 0.15) is 0 Å². The third kappa shape index (κ3) is 4.59. The number of amides is 1. The molecule has 5 heteroatoms. The molecule has 0 heterocycles. The van der Waals surface area contributed by atoms with E-state index in [-0.39, 0.29) is 17.9 Å². The van der Waals surface area contributed by atoms with E-state index in [4.69, 9.17) is 5.11 Å². The van der Waals surface area contributed by atoms with E-state index in [1.54, 1.807) is 6.07 Å². The largest absolute Gasteiger partial charge is 0.481 e. The van der Waals surface area contributed by atoms with Gasteiger partial charge in [0, 0.05) is 23.0 Å². The zero-order valence-electron chi connectivity index (χ0n) is 13.9. The van der Waals surface area contributed by atoms with Gasteiger partial charge in [-0.25, -0.2) is 0 Å². The van der Waals surface area contributed by atoms with Gasteiger partial charge in [-0.3, -0.25) is 9.59 Å². The van der Waals surface area contributed by atoms with E-state index < -0.39 is 5.97 Å². The number of carbonyl (C=O) groups is 2. The first-order valence-corrected chi connectivity index (χ1v) is 8.57. The van der Waals surface area contributed by atoms with Crippen LogP contribution in [0, 0.1) is 5.92 Å². The van der Waals surface area contributed by atoms with Crippen LogP contribution in [-0.2, 0) is 4.79 Å². The lowest BCUT2D eigenvalue weighted by Gasteiger charge is -2.26. The third-order valence-corrected chi connectivity index (χ3v) is 4.60. The summed E-state index contributed by atoms with van der Waals surface area (Å²) in [5.74, 6) is -1.12. The summed E-state index contributed by atoms with van der Waals surface area (Å²) in [5.41, 5.74) is 2.42. The van der Waals surface area contributed by atoms with Crippen LogP contribution in [-0.4, -0.2) is 23.0 Å². The maximum absolute atomic E-state index is 12.5. The molecule has 0 bridgehead atoms. The molecule has 2 aromatic carbocycles. The van der Waals surface area contributed by atoms with Crippen molar-refractivity contribution in [2.24, 2.45) is 5.92 Å². The molecule has 0 radical (unpaired) electrons. The van der Waals surface area contributed by atoms with Crippen molar-refractivity contribution >= 4 is 23.3 Å². The molecular formula is C20H22N2O3. The Morgan fingerprint density at radius 3 is 2.24 bits per heavy atom. The smallest absolute Gasteiger partial charge is 0.306 e. The molecule has 3 N–H and O–H groups in total. The number of carboxylic acid groups (broad SMARTS) is 1. The Labute approximate surface area is 147 Å². The van der Waals surface area contributed by atoms with E-state index in [9.17, 15) is 9.59 Å².